The van der Waals surface area contributed by atoms with Gasteiger partial charge in [-0.15, -0.1) is 0 Å². The van der Waals surface area contributed by atoms with Gasteiger partial charge in [-0.2, -0.15) is 0 Å². The van der Waals surface area contributed by atoms with Gasteiger partial charge in [0.1, 0.15) is 31.2 Å². The summed E-state index contributed by atoms with van der Waals surface area (Å²) in [5.41, 5.74) is 3.41. The Kier molecular flexibility index (Phi) is 9.08. The molecule has 1 atom stereocenters. The van der Waals surface area contributed by atoms with Crippen LogP contribution in [0, 0.1) is 0 Å². The Balaban J connectivity index is 1.38. The van der Waals surface area contributed by atoms with E-state index >= 15 is 0 Å². The van der Waals surface area contributed by atoms with E-state index in [2.05, 4.69) is 0 Å². The summed E-state index contributed by atoms with van der Waals surface area (Å²) in [7, 11) is 0. The molecule has 45 heavy (non-hydrogen) atoms. The standard InChI is InChI=1S/C38H32O7/c1-26(39)44-38-36(40)32-19-18-31(41-23-27-11-5-2-6-12-27)22-34(32)45-37(38)30-17-20-33(42-24-28-13-7-3-8-14-28)35(21-30)43-25-29-15-9-4-10-16-29/h2-22,26,39H,23-25H2,1H3. The molecule has 0 spiro atoms. The Morgan fingerprint density at radius 2 is 1.20 bits per heavy atom. The number of aliphatic hydroxyl groups excluding tert-OH is 1. The van der Waals surface area contributed by atoms with Crippen LogP contribution in [-0.4, -0.2) is 11.4 Å². The van der Waals surface area contributed by atoms with E-state index < -0.39 is 11.7 Å². The number of aliphatic hydroxyl groups is 1. The van der Waals surface area contributed by atoms with Crippen LogP contribution in [0.1, 0.15) is 23.6 Å². The van der Waals surface area contributed by atoms with Crippen molar-refractivity contribution in [2.75, 3.05) is 0 Å². The molecule has 1 heterocycles. The SMILES string of the molecule is CC(O)Oc1c(-c2ccc(OCc3ccccc3)c(OCc3ccccc3)c2)oc2cc(OCc3ccccc3)ccc2c1=O. The highest BCUT2D eigenvalue weighted by atomic mass is 16.6. The van der Waals surface area contributed by atoms with Crippen molar-refractivity contribution in [3.63, 3.8) is 0 Å². The third kappa shape index (κ3) is 7.34. The highest BCUT2D eigenvalue weighted by Crippen LogP contribution is 2.38. The van der Waals surface area contributed by atoms with Gasteiger partial charge in [0.25, 0.3) is 0 Å². The van der Waals surface area contributed by atoms with Crippen molar-refractivity contribution in [2.24, 2.45) is 0 Å². The van der Waals surface area contributed by atoms with Gasteiger partial charge >= 0.3 is 0 Å². The maximum atomic E-state index is 13.7. The predicted molar refractivity (Wildman–Crippen MR) is 173 cm³/mol. The van der Waals surface area contributed by atoms with Crippen LogP contribution < -0.4 is 24.4 Å². The number of hydrogen-bond donors (Lipinski definition) is 1. The van der Waals surface area contributed by atoms with Crippen LogP contribution in [0.2, 0.25) is 0 Å². The molecule has 0 aliphatic carbocycles. The van der Waals surface area contributed by atoms with Crippen LogP contribution in [0.3, 0.4) is 0 Å². The largest absolute Gasteiger partial charge is 0.489 e. The van der Waals surface area contributed by atoms with Crippen LogP contribution in [0.15, 0.2) is 137 Å². The molecule has 0 saturated carbocycles. The number of rotatable bonds is 12. The molecular formula is C38H32O7. The van der Waals surface area contributed by atoms with E-state index in [4.69, 9.17) is 23.4 Å². The summed E-state index contributed by atoms with van der Waals surface area (Å²) in [6.07, 6.45) is -1.25. The third-order valence-corrected chi connectivity index (χ3v) is 7.04. The van der Waals surface area contributed by atoms with Crippen LogP contribution in [0.25, 0.3) is 22.3 Å². The Labute approximate surface area is 260 Å². The maximum Gasteiger partial charge on any atom is 0.235 e. The van der Waals surface area contributed by atoms with Crippen molar-refractivity contribution in [3.8, 4) is 34.3 Å². The summed E-state index contributed by atoms with van der Waals surface area (Å²) in [5, 5.41) is 10.4. The lowest BCUT2D eigenvalue weighted by Crippen LogP contribution is -2.17. The van der Waals surface area contributed by atoms with Crippen molar-refractivity contribution in [1.29, 1.82) is 0 Å². The van der Waals surface area contributed by atoms with Crippen molar-refractivity contribution < 1.29 is 28.5 Å². The van der Waals surface area contributed by atoms with Gasteiger partial charge in [-0.25, -0.2) is 0 Å². The average molecular weight is 601 g/mol. The van der Waals surface area contributed by atoms with Gasteiger partial charge in [0.05, 0.1) is 5.39 Å². The number of ether oxygens (including phenoxy) is 4. The van der Waals surface area contributed by atoms with Gasteiger partial charge in [0.2, 0.25) is 11.2 Å². The first-order valence-electron chi connectivity index (χ1n) is 14.6. The lowest BCUT2D eigenvalue weighted by Gasteiger charge is -2.17. The van der Waals surface area contributed by atoms with Gasteiger partial charge in [0, 0.05) is 11.6 Å². The van der Waals surface area contributed by atoms with Crippen molar-refractivity contribution in [2.45, 2.75) is 33.0 Å². The molecule has 0 aliphatic heterocycles. The smallest absolute Gasteiger partial charge is 0.235 e. The van der Waals surface area contributed by atoms with E-state index in [1.807, 2.05) is 91.0 Å². The van der Waals surface area contributed by atoms with E-state index in [0.29, 0.717) is 53.6 Å². The zero-order valence-corrected chi connectivity index (χ0v) is 24.7. The summed E-state index contributed by atoms with van der Waals surface area (Å²) in [6, 6.07) is 39.7. The topological polar surface area (TPSA) is 87.4 Å². The molecule has 0 saturated heterocycles. The fourth-order valence-electron chi connectivity index (χ4n) is 4.81. The monoisotopic (exact) mass is 600 g/mol. The van der Waals surface area contributed by atoms with Crippen LogP contribution in [0.4, 0.5) is 0 Å². The Hall–Kier alpha value is -5.53. The molecule has 0 aliphatic rings. The molecule has 226 valence electrons. The molecular weight excluding hydrogens is 568 g/mol. The lowest BCUT2D eigenvalue weighted by molar-refractivity contribution is -0.00160. The molecule has 6 rings (SSSR count). The third-order valence-electron chi connectivity index (χ3n) is 7.04. The summed E-state index contributed by atoms with van der Waals surface area (Å²) in [6.45, 7) is 2.43. The van der Waals surface area contributed by atoms with Crippen LogP contribution in [0.5, 0.6) is 23.0 Å². The first-order chi connectivity index (χ1) is 22.0. The molecule has 7 nitrogen and oxygen atoms in total. The highest BCUT2D eigenvalue weighted by Gasteiger charge is 2.21. The molecule has 0 fully saturated rings. The summed E-state index contributed by atoms with van der Waals surface area (Å²) in [5.74, 6) is 1.56. The van der Waals surface area contributed by atoms with E-state index in [0.717, 1.165) is 16.7 Å². The Morgan fingerprint density at radius 3 is 1.78 bits per heavy atom. The van der Waals surface area contributed by atoms with E-state index in [9.17, 15) is 9.90 Å². The predicted octanol–water partition coefficient (Wildman–Crippen LogP) is 7.91. The quantitative estimate of drug-likeness (QED) is 0.143. The van der Waals surface area contributed by atoms with E-state index in [1.165, 1.54) is 6.92 Å². The first-order valence-corrected chi connectivity index (χ1v) is 14.6. The van der Waals surface area contributed by atoms with Gasteiger partial charge in [-0.1, -0.05) is 91.0 Å². The molecule has 1 aromatic heterocycles. The Bertz CT molecular complexity index is 1920. The fraction of sp³-hybridized carbons (Fsp3) is 0.132. The highest BCUT2D eigenvalue weighted by molar-refractivity contribution is 5.83. The van der Waals surface area contributed by atoms with Gasteiger partial charge in [-0.3, -0.25) is 4.79 Å². The minimum Gasteiger partial charge on any atom is -0.489 e. The lowest BCUT2D eigenvalue weighted by atomic mass is 10.1. The van der Waals surface area contributed by atoms with Crippen molar-refractivity contribution in [3.05, 3.63) is 154 Å². The van der Waals surface area contributed by atoms with E-state index in [1.54, 1.807) is 36.4 Å². The van der Waals surface area contributed by atoms with Crippen molar-refractivity contribution >= 4 is 11.0 Å². The molecule has 7 heteroatoms. The van der Waals surface area contributed by atoms with E-state index in [-0.39, 0.29) is 11.5 Å². The molecule has 0 bridgehead atoms. The fourth-order valence-corrected chi connectivity index (χ4v) is 4.81. The zero-order chi connectivity index (χ0) is 31.0. The first kappa shape index (κ1) is 29.5. The van der Waals surface area contributed by atoms with Crippen molar-refractivity contribution in [1.82, 2.24) is 0 Å². The Morgan fingerprint density at radius 1 is 0.644 bits per heavy atom. The second kappa shape index (κ2) is 13.8. The minimum absolute atomic E-state index is 0.109. The molecule has 0 radical (unpaired) electrons. The minimum atomic E-state index is -1.25. The number of benzene rings is 5. The van der Waals surface area contributed by atoms with Gasteiger partial charge < -0.3 is 28.5 Å². The second-order valence-electron chi connectivity index (χ2n) is 10.4. The zero-order valence-electron chi connectivity index (χ0n) is 24.7. The summed E-state index contributed by atoms with van der Waals surface area (Å²) in [4.78, 5) is 13.7. The number of fused-ring (bicyclic) bond motifs is 1. The maximum absolute atomic E-state index is 13.7. The second-order valence-corrected chi connectivity index (χ2v) is 10.4. The molecule has 0 amide bonds. The molecule has 6 aromatic rings. The van der Waals surface area contributed by atoms with Crippen LogP contribution in [-0.2, 0) is 19.8 Å². The number of hydrogen-bond acceptors (Lipinski definition) is 7. The average Bonchev–Trinajstić information content (AvgIpc) is 3.08. The molecule has 5 aromatic carbocycles. The summed E-state index contributed by atoms with van der Waals surface area (Å²) < 4.78 is 30.4. The van der Waals surface area contributed by atoms with Crippen LogP contribution >= 0.6 is 0 Å². The molecule has 1 N–H and O–H groups in total. The summed E-state index contributed by atoms with van der Waals surface area (Å²) >= 11 is 0. The van der Waals surface area contributed by atoms with Gasteiger partial charge in [0.15, 0.2) is 23.5 Å². The normalized spacial score (nSPS) is 11.6. The molecule has 1 unspecified atom stereocenters. The van der Waals surface area contributed by atoms with Gasteiger partial charge in [-0.05, 0) is 53.9 Å².